The van der Waals surface area contributed by atoms with Crippen LogP contribution in [-0.4, -0.2) is 43.9 Å². The molecular weight excluding hydrogens is 325 g/mol. The fourth-order valence-corrected chi connectivity index (χ4v) is 3.02. The average molecular weight is 349 g/mol. The largest absolute Gasteiger partial charge is 0.395 e. The summed E-state index contributed by atoms with van der Waals surface area (Å²) in [7, 11) is 0. The molecule has 25 heavy (non-hydrogen) atoms. The van der Waals surface area contributed by atoms with Gasteiger partial charge in [0.2, 0.25) is 5.91 Å². The fourth-order valence-electron chi connectivity index (χ4n) is 3.02. The van der Waals surface area contributed by atoms with Gasteiger partial charge in [-0.3, -0.25) is 4.79 Å². The maximum Gasteiger partial charge on any atom is 0.224 e. The lowest BCUT2D eigenvalue weighted by atomic mass is 9.85. The van der Waals surface area contributed by atoms with Crippen LogP contribution in [-0.2, 0) is 16.1 Å². The Balaban J connectivity index is 1.94. The molecule has 0 aliphatic carbocycles. The number of nitrogens with zero attached hydrogens (tertiary/aromatic N) is 1. The average Bonchev–Trinajstić information content (AvgIpc) is 2.65. The van der Waals surface area contributed by atoms with Crippen molar-refractivity contribution in [2.45, 2.75) is 19.4 Å². The molecule has 3 N–H and O–H groups in total. The van der Waals surface area contributed by atoms with Crippen LogP contribution in [0.25, 0.3) is 0 Å². The SMILES string of the molecule is N#Cc1ccc(CNCC(C(=O)NCCO)C2CCOCC2)c(F)c1. The van der Waals surface area contributed by atoms with Crippen molar-refractivity contribution in [1.29, 1.82) is 5.26 Å². The molecule has 2 rings (SSSR count). The van der Waals surface area contributed by atoms with Gasteiger partial charge in [0, 0.05) is 38.4 Å². The third-order valence-electron chi connectivity index (χ3n) is 4.44. The van der Waals surface area contributed by atoms with E-state index in [2.05, 4.69) is 10.6 Å². The number of amides is 1. The van der Waals surface area contributed by atoms with E-state index >= 15 is 0 Å². The third-order valence-corrected chi connectivity index (χ3v) is 4.44. The van der Waals surface area contributed by atoms with Gasteiger partial charge in [-0.1, -0.05) is 6.07 Å². The minimum absolute atomic E-state index is 0.101. The molecule has 0 radical (unpaired) electrons. The summed E-state index contributed by atoms with van der Waals surface area (Å²) < 4.78 is 19.3. The van der Waals surface area contributed by atoms with Crippen molar-refractivity contribution < 1.29 is 19.0 Å². The maximum atomic E-state index is 13.9. The Morgan fingerprint density at radius 2 is 2.20 bits per heavy atom. The smallest absolute Gasteiger partial charge is 0.224 e. The molecule has 0 spiro atoms. The highest BCUT2D eigenvalue weighted by Crippen LogP contribution is 2.24. The highest BCUT2D eigenvalue weighted by Gasteiger charge is 2.29. The molecule has 1 aliphatic heterocycles. The number of ether oxygens (including phenoxy) is 1. The highest BCUT2D eigenvalue weighted by atomic mass is 19.1. The Bertz CT molecular complexity index is 612. The molecule has 1 amide bonds. The number of carbonyl (C=O) groups excluding carboxylic acids is 1. The number of aliphatic hydroxyl groups is 1. The number of hydrogen-bond donors (Lipinski definition) is 3. The van der Waals surface area contributed by atoms with Crippen molar-refractivity contribution in [3.63, 3.8) is 0 Å². The van der Waals surface area contributed by atoms with E-state index in [1.807, 2.05) is 6.07 Å². The molecule has 1 atom stereocenters. The third kappa shape index (κ3) is 5.78. The maximum absolute atomic E-state index is 13.9. The molecule has 7 heteroatoms. The first-order valence-electron chi connectivity index (χ1n) is 8.51. The standard InChI is InChI=1S/C18H24FN3O3/c19-17-9-13(10-20)1-2-15(17)11-21-12-16(18(24)22-5-6-23)14-3-7-25-8-4-14/h1-2,9,14,16,21,23H,3-8,11-12H2,(H,22,24). The molecule has 136 valence electrons. The van der Waals surface area contributed by atoms with Crippen LogP contribution in [0, 0.1) is 29.0 Å². The van der Waals surface area contributed by atoms with Gasteiger partial charge in [-0.25, -0.2) is 4.39 Å². The number of hydrogen-bond acceptors (Lipinski definition) is 5. The molecule has 1 saturated heterocycles. The van der Waals surface area contributed by atoms with Gasteiger partial charge in [-0.2, -0.15) is 5.26 Å². The number of aliphatic hydroxyl groups excluding tert-OH is 1. The van der Waals surface area contributed by atoms with Crippen LogP contribution in [0.1, 0.15) is 24.0 Å². The van der Waals surface area contributed by atoms with Gasteiger partial charge >= 0.3 is 0 Å². The Labute approximate surface area is 147 Å². The van der Waals surface area contributed by atoms with Gasteiger partial charge in [0.1, 0.15) is 5.82 Å². The Hall–Kier alpha value is -2.01. The van der Waals surface area contributed by atoms with Crippen LogP contribution in [0.3, 0.4) is 0 Å². The summed E-state index contributed by atoms with van der Waals surface area (Å²) in [4.78, 5) is 12.4. The van der Waals surface area contributed by atoms with E-state index < -0.39 is 5.82 Å². The summed E-state index contributed by atoms with van der Waals surface area (Å²) in [5.41, 5.74) is 0.741. The molecule has 0 aromatic heterocycles. The number of nitrogens with one attached hydrogen (secondary N) is 2. The van der Waals surface area contributed by atoms with E-state index in [0.29, 0.717) is 25.3 Å². The highest BCUT2D eigenvalue weighted by molar-refractivity contribution is 5.79. The van der Waals surface area contributed by atoms with Gasteiger partial charge in [0.25, 0.3) is 0 Å². The molecule has 1 fully saturated rings. The van der Waals surface area contributed by atoms with Gasteiger partial charge in [0.15, 0.2) is 0 Å². The monoisotopic (exact) mass is 349 g/mol. The van der Waals surface area contributed by atoms with Crippen molar-refractivity contribution in [3.8, 4) is 6.07 Å². The number of halogens is 1. The van der Waals surface area contributed by atoms with Crippen molar-refractivity contribution in [2.75, 3.05) is 32.9 Å². The number of carbonyl (C=O) groups is 1. The molecule has 0 bridgehead atoms. The van der Waals surface area contributed by atoms with Crippen LogP contribution < -0.4 is 10.6 Å². The predicted molar refractivity (Wildman–Crippen MR) is 90.0 cm³/mol. The zero-order valence-electron chi connectivity index (χ0n) is 14.1. The summed E-state index contributed by atoms with van der Waals surface area (Å²) in [5.74, 6) is -0.588. The topological polar surface area (TPSA) is 94.4 Å². The fraction of sp³-hybridized carbons (Fsp3) is 0.556. The molecule has 6 nitrogen and oxygen atoms in total. The van der Waals surface area contributed by atoms with E-state index in [9.17, 15) is 9.18 Å². The lowest BCUT2D eigenvalue weighted by Gasteiger charge is -2.29. The first-order valence-corrected chi connectivity index (χ1v) is 8.51. The summed E-state index contributed by atoms with van der Waals surface area (Å²) in [6, 6.07) is 6.26. The molecule has 1 aliphatic rings. The second-order valence-corrected chi connectivity index (χ2v) is 6.12. The second kappa shape index (κ2) is 10.1. The van der Waals surface area contributed by atoms with E-state index in [0.717, 1.165) is 12.8 Å². The van der Waals surface area contributed by atoms with Gasteiger partial charge in [-0.05, 0) is 30.9 Å². The van der Waals surface area contributed by atoms with Crippen molar-refractivity contribution in [2.24, 2.45) is 11.8 Å². The molecule has 1 unspecified atom stereocenters. The zero-order chi connectivity index (χ0) is 18.1. The predicted octanol–water partition coefficient (Wildman–Crippen LogP) is 0.938. The summed E-state index contributed by atoms with van der Waals surface area (Å²) in [5, 5.41) is 23.5. The number of rotatable bonds is 8. The Kier molecular flexibility index (Phi) is 7.79. The van der Waals surface area contributed by atoms with Crippen LogP contribution in [0.15, 0.2) is 18.2 Å². The quantitative estimate of drug-likeness (QED) is 0.649. The van der Waals surface area contributed by atoms with Crippen molar-refractivity contribution in [3.05, 3.63) is 35.1 Å². The minimum Gasteiger partial charge on any atom is -0.395 e. The van der Waals surface area contributed by atoms with Crippen LogP contribution in [0.2, 0.25) is 0 Å². The van der Waals surface area contributed by atoms with Gasteiger partial charge in [0.05, 0.1) is 24.2 Å². The zero-order valence-corrected chi connectivity index (χ0v) is 14.1. The lowest BCUT2D eigenvalue weighted by molar-refractivity contribution is -0.128. The molecular formula is C18H24FN3O3. The number of benzene rings is 1. The van der Waals surface area contributed by atoms with Crippen LogP contribution >= 0.6 is 0 Å². The van der Waals surface area contributed by atoms with Crippen molar-refractivity contribution in [1.82, 2.24) is 10.6 Å². The molecule has 1 aromatic rings. The summed E-state index contributed by atoms with van der Waals surface area (Å²) >= 11 is 0. The van der Waals surface area contributed by atoms with Gasteiger partial charge in [-0.15, -0.1) is 0 Å². The lowest BCUT2D eigenvalue weighted by Crippen LogP contribution is -2.43. The van der Waals surface area contributed by atoms with E-state index in [4.69, 9.17) is 15.1 Å². The Morgan fingerprint density at radius 1 is 1.44 bits per heavy atom. The van der Waals surface area contributed by atoms with Crippen LogP contribution in [0.4, 0.5) is 4.39 Å². The second-order valence-electron chi connectivity index (χ2n) is 6.12. The summed E-state index contributed by atoms with van der Waals surface area (Å²) in [6.07, 6.45) is 1.62. The molecule has 1 heterocycles. The van der Waals surface area contributed by atoms with E-state index in [1.54, 1.807) is 12.1 Å². The number of nitriles is 1. The normalized spacial score (nSPS) is 16.2. The summed E-state index contributed by atoms with van der Waals surface area (Å²) in [6.45, 7) is 2.10. The van der Waals surface area contributed by atoms with Gasteiger partial charge < -0.3 is 20.5 Å². The van der Waals surface area contributed by atoms with E-state index in [-0.39, 0.29) is 43.0 Å². The minimum atomic E-state index is -0.432. The Morgan fingerprint density at radius 3 is 2.84 bits per heavy atom. The van der Waals surface area contributed by atoms with E-state index in [1.165, 1.54) is 6.07 Å². The molecule has 1 aromatic carbocycles. The molecule has 0 saturated carbocycles. The first-order chi connectivity index (χ1) is 12.2. The first kappa shape index (κ1) is 19.3. The van der Waals surface area contributed by atoms with Crippen molar-refractivity contribution >= 4 is 5.91 Å². The van der Waals surface area contributed by atoms with Crippen LogP contribution in [0.5, 0.6) is 0 Å².